The Labute approximate surface area is 146 Å². The van der Waals surface area contributed by atoms with Crippen LogP contribution in [0.2, 0.25) is 0 Å². The molecule has 0 aromatic heterocycles. The second kappa shape index (κ2) is 18.8. The van der Waals surface area contributed by atoms with E-state index in [1.54, 1.807) is 0 Å². The quantitative estimate of drug-likeness (QED) is 0.453. The molecule has 0 bridgehead atoms. The van der Waals surface area contributed by atoms with Gasteiger partial charge in [-0.3, -0.25) is 0 Å². The molecule has 0 aliphatic rings. The molecule has 0 amide bonds. The van der Waals surface area contributed by atoms with Gasteiger partial charge in [-0.15, -0.1) is 0 Å². The summed E-state index contributed by atoms with van der Waals surface area (Å²) in [6.07, 6.45) is 10.7. The van der Waals surface area contributed by atoms with Gasteiger partial charge in [-0.1, -0.05) is 98.3 Å². The molecule has 0 aliphatic heterocycles. The number of unbranched alkanes of at least 4 members (excludes halogenated alkanes) is 5. The van der Waals surface area contributed by atoms with Crippen molar-refractivity contribution in [2.45, 2.75) is 92.9 Å². The lowest BCUT2D eigenvalue weighted by Crippen LogP contribution is -1.97. The highest BCUT2D eigenvalue weighted by atomic mass is 14.9. The number of aryl methyl sites for hydroxylation is 1. The maximum absolute atomic E-state index is 3.96. The molecule has 0 atom stereocenters. The number of benzene rings is 1. The molecule has 0 saturated carbocycles. The van der Waals surface area contributed by atoms with Crippen molar-refractivity contribution in [3.05, 3.63) is 42.1 Å². The lowest BCUT2D eigenvalue weighted by molar-refractivity contribution is 0.624. The minimum atomic E-state index is 1.04. The fourth-order valence-electron chi connectivity index (χ4n) is 2.14. The standard InChI is InChI=1S/C12H17N.C8H18.C2H6/c1-4-6-11(3)13-12-8-5-7-10(2)9-12;1-3-5-7-8-6-4-2;1-2/h5,7-9,13H,3-4,6H2,1-2H3;3-8H2,1-2H3;1-2H3. The summed E-state index contributed by atoms with van der Waals surface area (Å²) in [6, 6.07) is 8.33. The van der Waals surface area contributed by atoms with E-state index in [1.807, 2.05) is 13.8 Å². The minimum Gasteiger partial charge on any atom is -0.359 e. The molecule has 0 fully saturated rings. The van der Waals surface area contributed by atoms with Gasteiger partial charge in [-0.25, -0.2) is 0 Å². The average molecular weight is 320 g/mol. The molecule has 23 heavy (non-hydrogen) atoms. The lowest BCUT2D eigenvalue weighted by atomic mass is 10.1. The predicted molar refractivity (Wildman–Crippen MR) is 109 cm³/mol. The van der Waals surface area contributed by atoms with Gasteiger partial charge >= 0.3 is 0 Å². The number of hydrogen-bond acceptors (Lipinski definition) is 1. The summed E-state index contributed by atoms with van der Waals surface area (Å²) < 4.78 is 0. The van der Waals surface area contributed by atoms with Gasteiger partial charge in [-0.05, 0) is 31.0 Å². The molecule has 0 heterocycles. The number of allylic oxidation sites excluding steroid dienone is 1. The van der Waals surface area contributed by atoms with Crippen molar-refractivity contribution in [1.29, 1.82) is 0 Å². The summed E-state index contributed by atoms with van der Waals surface area (Å²) in [5.74, 6) is 0. The molecule has 0 radical (unpaired) electrons. The molecular formula is C22H41N. The van der Waals surface area contributed by atoms with Crippen molar-refractivity contribution in [3.8, 4) is 0 Å². The summed E-state index contributed by atoms with van der Waals surface area (Å²) >= 11 is 0. The molecule has 134 valence electrons. The van der Waals surface area contributed by atoms with E-state index >= 15 is 0 Å². The first-order chi connectivity index (χ1) is 11.1. The van der Waals surface area contributed by atoms with Gasteiger partial charge in [0.1, 0.15) is 0 Å². The zero-order valence-electron chi connectivity index (χ0n) is 16.7. The second-order valence-electron chi connectivity index (χ2n) is 5.76. The fraction of sp³-hybridized carbons (Fsp3) is 0.636. The fourth-order valence-corrected chi connectivity index (χ4v) is 2.14. The molecular weight excluding hydrogens is 278 g/mol. The first-order valence-corrected chi connectivity index (χ1v) is 9.65. The third kappa shape index (κ3) is 17.0. The van der Waals surface area contributed by atoms with Crippen molar-refractivity contribution < 1.29 is 0 Å². The van der Waals surface area contributed by atoms with Crippen LogP contribution >= 0.6 is 0 Å². The second-order valence-corrected chi connectivity index (χ2v) is 5.76. The van der Waals surface area contributed by atoms with E-state index in [1.165, 1.54) is 44.1 Å². The predicted octanol–water partition coefficient (Wildman–Crippen LogP) is 8.11. The van der Waals surface area contributed by atoms with Crippen LogP contribution in [0.5, 0.6) is 0 Å². The van der Waals surface area contributed by atoms with Gasteiger partial charge < -0.3 is 5.32 Å². The topological polar surface area (TPSA) is 12.0 Å². The SMILES string of the molecule is C=C(CCC)Nc1cccc(C)c1.CC.CCCCCCCC. The van der Waals surface area contributed by atoms with Gasteiger partial charge in [0.05, 0.1) is 0 Å². The normalized spacial score (nSPS) is 9.13. The highest BCUT2D eigenvalue weighted by molar-refractivity contribution is 5.49. The van der Waals surface area contributed by atoms with Gasteiger partial charge in [0, 0.05) is 11.4 Å². The van der Waals surface area contributed by atoms with Crippen LogP contribution in [-0.4, -0.2) is 0 Å². The summed E-state index contributed by atoms with van der Waals surface area (Å²) in [5.41, 5.74) is 3.50. The van der Waals surface area contributed by atoms with Crippen molar-refractivity contribution in [3.63, 3.8) is 0 Å². The van der Waals surface area contributed by atoms with Gasteiger partial charge in [-0.2, -0.15) is 0 Å². The Balaban J connectivity index is 0. The maximum atomic E-state index is 3.96. The van der Waals surface area contributed by atoms with Crippen LogP contribution in [-0.2, 0) is 0 Å². The van der Waals surface area contributed by atoms with Crippen LogP contribution in [0.25, 0.3) is 0 Å². The van der Waals surface area contributed by atoms with Crippen LogP contribution in [0.1, 0.15) is 91.5 Å². The molecule has 1 N–H and O–H groups in total. The van der Waals surface area contributed by atoms with E-state index in [-0.39, 0.29) is 0 Å². The molecule has 0 spiro atoms. The van der Waals surface area contributed by atoms with E-state index in [4.69, 9.17) is 0 Å². The molecule has 1 rings (SSSR count). The summed E-state index contributed by atoms with van der Waals surface area (Å²) in [7, 11) is 0. The highest BCUT2D eigenvalue weighted by Crippen LogP contribution is 2.13. The van der Waals surface area contributed by atoms with Gasteiger partial charge in [0.25, 0.3) is 0 Å². The van der Waals surface area contributed by atoms with Crippen LogP contribution in [0, 0.1) is 6.92 Å². The number of rotatable bonds is 9. The summed E-state index contributed by atoms with van der Waals surface area (Å²) in [4.78, 5) is 0. The smallest absolute Gasteiger partial charge is 0.0384 e. The van der Waals surface area contributed by atoms with Crippen molar-refractivity contribution in [2.24, 2.45) is 0 Å². The molecule has 0 unspecified atom stereocenters. The first kappa shape index (κ1) is 24.0. The van der Waals surface area contributed by atoms with Crippen molar-refractivity contribution in [1.82, 2.24) is 0 Å². The van der Waals surface area contributed by atoms with Crippen LogP contribution < -0.4 is 5.32 Å². The molecule has 0 saturated heterocycles. The number of nitrogens with one attached hydrogen (secondary N) is 1. The Morgan fingerprint density at radius 1 is 0.913 bits per heavy atom. The Morgan fingerprint density at radius 2 is 1.48 bits per heavy atom. The zero-order valence-corrected chi connectivity index (χ0v) is 16.7. The molecule has 1 nitrogen and oxygen atoms in total. The Morgan fingerprint density at radius 3 is 1.91 bits per heavy atom. The van der Waals surface area contributed by atoms with Crippen LogP contribution in [0.3, 0.4) is 0 Å². The Hall–Kier alpha value is -1.24. The average Bonchev–Trinajstić information content (AvgIpc) is 2.54. The third-order valence-electron chi connectivity index (χ3n) is 3.35. The molecule has 0 aliphatic carbocycles. The van der Waals surface area contributed by atoms with Gasteiger partial charge in [0.2, 0.25) is 0 Å². The molecule has 1 aromatic carbocycles. The largest absolute Gasteiger partial charge is 0.359 e. The first-order valence-electron chi connectivity index (χ1n) is 9.65. The van der Waals surface area contributed by atoms with Crippen molar-refractivity contribution >= 4 is 5.69 Å². The Kier molecular flexibility index (Phi) is 19.6. The minimum absolute atomic E-state index is 1.04. The van der Waals surface area contributed by atoms with E-state index in [0.29, 0.717) is 0 Å². The summed E-state index contributed by atoms with van der Waals surface area (Å²) in [5, 5.41) is 3.29. The lowest BCUT2D eigenvalue weighted by Gasteiger charge is -2.08. The van der Waals surface area contributed by atoms with E-state index in [9.17, 15) is 0 Å². The Bertz CT molecular complexity index is 362. The van der Waals surface area contributed by atoms with Crippen LogP contribution in [0.4, 0.5) is 5.69 Å². The van der Waals surface area contributed by atoms with E-state index < -0.39 is 0 Å². The van der Waals surface area contributed by atoms with Gasteiger partial charge in [0.15, 0.2) is 0 Å². The maximum Gasteiger partial charge on any atom is 0.0384 e. The van der Waals surface area contributed by atoms with E-state index in [2.05, 4.69) is 63.9 Å². The third-order valence-corrected chi connectivity index (χ3v) is 3.35. The molecule has 1 heteroatoms. The summed E-state index contributed by atoms with van der Waals surface area (Å²) in [6.45, 7) is 16.7. The molecule has 1 aromatic rings. The monoisotopic (exact) mass is 319 g/mol. The number of hydrogen-bond donors (Lipinski definition) is 1. The zero-order chi connectivity index (χ0) is 17.9. The number of anilines is 1. The van der Waals surface area contributed by atoms with Crippen LogP contribution in [0.15, 0.2) is 36.5 Å². The highest BCUT2D eigenvalue weighted by Gasteiger charge is 1.94. The van der Waals surface area contributed by atoms with Crippen molar-refractivity contribution in [2.75, 3.05) is 5.32 Å². The van der Waals surface area contributed by atoms with E-state index in [0.717, 1.165) is 24.2 Å².